The highest BCUT2D eigenvalue weighted by atomic mass is 79.9. The summed E-state index contributed by atoms with van der Waals surface area (Å²) in [6.45, 7) is 0. The molecule has 0 aliphatic carbocycles. The molecule has 0 radical (unpaired) electrons. The van der Waals surface area contributed by atoms with Gasteiger partial charge in [-0.1, -0.05) is 22.0 Å². The fraction of sp³-hybridized carbons (Fsp3) is 0. The number of aromatic amines is 1. The Balaban J connectivity index is 2.40. The van der Waals surface area contributed by atoms with E-state index in [0.29, 0.717) is 5.69 Å². The zero-order chi connectivity index (χ0) is 13.2. The molecule has 1 aromatic heterocycles. The Kier molecular flexibility index (Phi) is 3.53. The van der Waals surface area contributed by atoms with E-state index in [1.165, 1.54) is 18.3 Å². The molecule has 1 aromatic carbocycles. The Bertz CT molecular complexity index is 725. The molecule has 0 unspecified atom stereocenters. The second-order valence-electron chi connectivity index (χ2n) is 3.48. The summed E-state index contributed by atoms with van der Waals surface area (Å²) in [6.07, 6.45) is 1.38. The van der Waals surface area contributed by atoms with Gasteiger partial charge in [0, 0.05) is 16.4 Å². The summed E-state index contributed by atoms with van der Waals surface area (Å²) in [5, 5.41) is 0. The van der Waals surface area contributed by atoms with Crippen LogP contribution in [0.15, 0.2) is 56.8 Å². The summed E-state index contributed by atoms with van der Waals surface area (Å²) in [5.41, 5.74) is -0.271. The number of nitrogens with one attached hydrogen (secondary N) is 2. The minimum atomic E-state index is -3.88. The zero-order valence-corrected chi connectivity index (χ0v) is 11.5. The molecule has 18 heavy (non-hydrogen) atoms. The van der Waals surface area contributed by atoms with Gasteiger partial charge in [-0.05, 0) is 30.3 Å². The fourth-order valence-corrected chi connectivity index (χ4v) is 2.89. The van der Waals surface area contributed by atoms with Crippen molar-refractivity contribution in [3.8, 4) is 0 Å². The van der Waals surface area contributed by atoms with Crippen molar-refractivity contribution in [1.82, 2.24) is 4.98 Å². The summed E-state index contributed by atoms with van der Waals surface area (Å²) >= 11 is 3.24. The van der Waals surface area contributed by atoms with Gasteiger partial charge in [-0.3, -0.25) is 9.52 Å². The molecule has 0 spiro atoms. The molecule has 0 aliphatic heterocycles. The SMILES string of the molecule is O=c1[nH]cccc1S(=O)(=O)Nc1cccc(Br)c1. The summed E-state index contributed by atoms with van der Waals surface area (Å²) in [6, 6.07) is 9.37. The van der Waals surface area contributed by atoms with Gasteiger partial charge in [-0.25, -0.2) is 8.42 Å². The van der Waals surface area contributed by atoms with Crippen LogP contribution in [-0.2, 0) is 10.0 Å². The van der Waals surface area contributed by atoms with Crippen LogP contribution in [0.4, 0.5) is 5.69 Å². The summed E-state index contributed by atoms with van der Waals surface area (Å²) in [5.74, 6) is 0. The number of hydrogen-bond donors (Lipinski definition) is 2. The molecular formula is C11H9BrN2O3S. The van der Waals surface area contributed by atoms with Gasteiger partial charge in [0.15, 0.2) is 4.90 Å². The van der Waals surface area contributed by atoms with Crippen molar-refractivity contribution < 1.29 is 8.42 Å². The molecule has 0 atom stereocenters. The molecule has 94 valence electrons. The van der Waals surface area contributed by atoms with Gasteiger partial charge in [-0.2, -0.15) is 0 Å². The highest BCUT2D eigenvalue weighted by Gasteiger charge is 2.17. The maximum absolute atomic E-state index is 12.0. The predicted molar refractivity (Wildman–Crippen MR) is 72.0 cm³/mol. The lowest BCUT2D eigenvalue weighted by Crippen LogP contribution is -2.22. The van der Waals surface area contributed by atoms with Crippen LogP contribution < -0.4 is 10.3 Å². The molecule has 0 amide bonds. The standard InChI is InChI=1S/C11H9BrN2O3S/c12-8-3-1-4-9(7-8)14-18(16,17)10-5-2-6-13-11(10)15/h1-7,14H,(H,13,15). The van der Waals surface area contributed by atoms with Crippen LogP contribution in [0.25, 0.3) is 0 Å². The molecule has 7 heteroatoms. The number of pyridine rings is 1. The number of aromatic nitrogens is 1. The van der Waals surface area contributed by atoms with Crippen LogP contribution in [0.5, 0.6) is 0 Å². The van der Waals surface area contributed by atoms with Gasteiger partial charge in [0.25, 0.3) is 15.6 Å². The van der Waals surface area contributed by atoms with Crippen LogP contribution in [0.1, 0.15) is 0 Å². The summed E-state index contributed by atoms with van der Waals surface area (Å²) in [4.78, 5) is 13.4. The Morgan fingerprint density at radius 3 is 2.61 bits per heavy atom. The van der Waals surface area contributed by atoms with E-state index >= 15 is 0 Å². The van der Waals surface area contributed by atoms with Crippen molar-refractivity contribution in [1.29, 1.82) is 0 Å². The highest BCUT2D eigenvalue weighted by Crippen LogP contribution is 2.18. The van der Waals surface area contributed by atoms with Crippen molar-refractivity contribution in [3.05, 3.63) is 57.4 Å². The Labute approximate surface area is 112 Å². The summed E-state index contributed by atoms with van der Waals surface area (Å²) < 4.78 is 27.1. The van der Waals surface area contributed by atoms with Crippen molar-refractivity contribution in [3.63, 3.8) is 0 Å². The number of benzene rings is 1. The minimum Gasteiger partial charge on any atom is -0.328 e. The van der Waals surface area contributed by atoms with Crippen molar-refractivity contribution in [2.75, 3.05) is 4.72 Å². The van der Waals surface area contributed by atoms with E-state index in [0.717, 1.165) is 4.47 Å². The molecular weight excluding hydrogens is 320 g/mol. The molecule has 0 aliphatic rings. The number of hydrogen-bond acceptors (Lipinski definition) is 3. The molecule has 2 aromatic rings. The number of anilines is 1. The molecule has 0 bridgehead atoms. The maximum Gasteiger partial charge on any atom is 0.268 e. The van der Waals surface area contributed by atoms with E-state index < -0.39 is 15.6 Å². The minimum absolute atomic E-state index is 0.315. The third-order valence-corrected chi connectivity index (χ3v) is 4.05. The van der Waals surface area contributed by atoms with E-state index in [-0.39, 0.29) is 4.90 Å². The average molecular weight is 329 g/mol. The van der Waals surface area contributed by atoms with Crippen LogP contribution >= 0.6 is 15.9 Å². The molecule has 0 saturated carbocycles. The van der Waals surface area contributed by atoms with Gasteiger partial charge >= 0.3 is 0 Å². The number of sulfonamides is 1. The van der Waals surface area contributed by atoms with E-state index in [4.69, 9.17) is 0 Å². The van der Waals surface area contributed by atoms with E-state index in [1.54, 1.807) is 24.3 Å². The largest absolute Gasteiger partial charge is 0.328 e. The first kappa shape index (κ1) is 12.8. The first-order valence-electron chi connectivity index (χ1n) is 4.95. The zero-order valence-electron chi connectivity index (χ0n) is 9.05. The Morgan fingerprint density at radius 2 is 1.94 bits per heavy atom. The number of halogens is 1. The second kappa shape index (κ2) is 4.95. The molecule has 1 heterocycles. The van der Waals surface area contributed by atoms with Crippen LogP contribution in [-0.4, -0.2) is 13.4 Å². The van der Waals surface area contributed by atoms with Gasteiger partial charge in [0.2, 0.25) is 0 Å². The first-order valence-corrected chi connectivity index (χ1v) is 7.23. The van der Waals surface area contributed by atoms with E-state index in [1.807, 2.05) is 0 Å². The van der Waals surface area contributed by atoms with Crippen molar-refractivity contribution in [2.45, 2.75) is 4.90 Å². The molecule has 0 saturated heterocycles. The molecule has 2 rings (SSSR count). The lowest BCUT2D eigenvalue weighted by Gasteiger charge is -2.07. The topological polar surface area (TPSA) is 79.0 Å². The second-order valence-corrected chi connectivity index (χ2v) is 6.05. The fourth-order valence-electron chi connectivity index (χ4n) is 1.38. The molecule has 2 N–H and O–H groups in total. The van der Waals surface area contributed by atoms with Crippen LogP contribution in [0.3, 0.4) is 0 Å². The van der Waals surface area contributed by atoms with Crippen LogP contribution in [0, 0.1) is 0 Å². The Morgan fingerprint density at radius 1 is 1.17 bits per heavy atom. The third-order valence-electron chi connectivity index (χ3n) is 2.15. The van der Waals surface area contributed by atoms with E-state index in [9.17, 15) is 13.2 Å². The first-order chi connectivity index (χ1) is 8.49. The highest BCUT2D eigenvalue weighted by molar-refractivity contribution is 9.10. The van der Waals surface area contributed by atoms with Gasteiger partial charge in [-0.15, -0.1) is 0 Å². The van der Waals surface area contributed by atoms with Gasteiger partial charge in [0.1, 0.15) is 0 Å². The van der Waals surface area contributed by atoms with Gasteiger partial charge in [0.05, 0.1) is 0 Å². The Hall–Kier alpha value is -1.60. The number of H-pyrrole nitrogens is 1. The monoisotopic (exact) mass is 328 g/mol. The lowest BCUT2D eigenvalue weighted by atomic mass is 10.3. The average Bonchev–Trinajstić information content (AvgIpc) is 2.28. The normalized spacial score (nSPS) is 11.2. The smallest absolute Gasteiger partial charge is 0.268 e. The van der Waals surface area contributed by atoms with Gasteiger partial charge < -0.3 is 4.98 Å². The quantitative estimate of drug-likeness (QED) is 0.903. The van der Waals surface area contributed by atoms with Crippen molar-refractivity contribution in [2.24, 2.45) is 0 Å². The predicted octanol–water partition coefficient (Wildman–Crippen LogP) is 1.94. The lowest BCUT2D eigenvalue weighted by molar-refractivity contribution is 0.600. The summed E-state index contributed by atoms with van der Waals surface area (Å²) in [7, 11) is -3.88. The van der Waals surface area contributed by atoms with Crippen LogP contribution in [0.2, 0.25) is 0 Å². The van der Waals surface area contributed by atoms with Crippen molar-refractivity contribution >= 4 is 31.6 Å². The third kappa shape index (κ3) is 2.80. The van der Waals surface area contributed by atoms with E-state index in [2.05, 4.69) is 25.6 Å². The molecule has 0 fully saturated rings. The molecule has 5 nitrogen and oxygen atoms in total. The number of rotatable bonds is 3. The maximum atomic E-state index is 12.0.